The molecule has 1 saturated heterocycles. The van der Waals surface area contributed by atoms with Crippen LogP contribution in [0, 0.1) is 17.7 Å². The number of fused-ring (bicyclic) bond motifs is 1. The Hall–Kier alpha value is -2.02. The lowest BCUT2D eigenvalue weighted by molar-refractivity contribution is -0.140. The highest BCUT2D eigenvalue weighted by molar-refractivity contribution is 9.10. The Kier molecular flexibility index (Phi) is 5.32. The van der Waals surface area contributed by atoms with E-state index in [0.717, 1.165) is 0 Å². The molecule has 0 spiro atoms. The third-order valence-corrected chi connectivity index (χ3v) is 5.08. The average Bonchev–Trinajstić information content (AvgIpc) is 2.83. The first-order chi connectivity index (χ1) is 12.0. The van der Waals surface area contributed by atoms with Crippen molar-refractivity contribution in [1.29, 1.82) is 0 Å². The zero-order valence-corrected chi connectivity index (χ0v) is 15.1. The summed E-state index contributed by atoms with van der Waals surface area (Å²) in [6.07, 6.45) is 5.56. The Balaban J connectivity index is 1.50. The Morgan fingerprint density at radius 3 is 2.44 bits per heavy atom. The van der Waals surface area contributed by atoms with Crippen LogP contribution in [0.25, 0.3) is 0 Å². The van der Waals surface area contributed by atoms with Crippen molar-refractivity contribution in [1.82, 2.24) is 4.90 Å². The third-order valence-electron chi connectivity index (χ3n) is 4.59. The summed E-state index contributed by atoms with van der Waals surface area (Å²) >= 11 is 3.15. The van der Waals surface area contributed by atoms with E-state index in [-0.39, 0.29) is 48.2 Å². The third kappa shape index (κ3) is 3.81. The van der Waals surface area contributed by atoms with Crippen LogP contribution < -0.4 is 5.32 Å². The molecule has 1 N–H and O–H groups in total. The highest BCUT2D eigenvalue weighted by Gasteiger charge is 2.46. The largest absolute Gasteiger partial charge is 0.324 e. The first kappa shape index (κ1) is 17.8. The smallest absolute Gasteiger partial charge is 0.233 e. The fourth-order valence-electron chi connectivity index (χ4n) is 3.29. The van der Waals surface area contributed by atoms with Crippen LogP contribution in [0.4, 0.5) is 10.1 Å². The first-order valence-corrected chi connectivity index (χ1v) is 9.02. The number of amides is 3. The van der Waals surface area contributed by atoms with E-state index < -0.39 is 5.82 Å². The van der Waals surface area contributed by atoms with Gasteiger partial charge in [0.2, 0.25) is 17.7 Å². The molecule has 2 aliphatic rings. The molecule has 0 bridgehead atoms. The van der Waals surface area contributed by atoms with E-state index in [1.54, 1.807) is 6.07 Å². The van der Waals surface area contributed by atoms with Crippen LogP contribution in [-0.2, 0) is 14.4 Å². The number of hydrogen-bond donors (Lipinski definition) is 1. The summed E-state index contributed by atoms with van der Waals surface area (Å²) in [5, 5.41) is 2.50. The van der Waals surface area contributed by atoms with Gasteiger partial charge < -0.3 is 5.32 Å². The molecule has 2 atom stereocenters. The highest BCUT2D eigenvalue weighted by Crippen LogP contribution is 2.35. The van der Waals surface area contributed by atoms with Gasteiger partial charge in [-0.05, 0) is 37.5 Å². The van der Waals surface area contributed by atoms with Gasteiger partial charge >= 0.3 is 0 Å². The maximum atomic E-state index is 13.7. The van der Waals surface area contributed by atoms with Gasteiger partial charge in [-0.15, -0.1) is 0 Å². The number of hydrogen-bond acceptors (Lipinski definition) is 3. The molecule has 1 aromatic carbocycles. The van der Waals surface area contributed by atoms with Gasteiger partial charge in [0.25, 0.3) is 0 Å². The van der Waals surface area contributed by atoms with Gasteiger partial charge in [0.05, 0.1) is 17.5 Å². The normalized spacial score (nSPS) is 22.2. The predicted octanol–water partition coefficient (Wildman–Crippen LogP) is 3.26. The number of nitrogens with zero attached hydrogens (tertiary/aromatic N) is 1. The van der Waals surface area contributed by atoms with Crippen LogP contribution in [0.1, 0.15) is 25.7 Å². The molecule has 0 radical (unpaired) electrons. The molecule has 25 heavy (non-hydrogen) atoms. The molecule has 1 aliphatic heterocycles. The van der Waals surface area contributed by atoms with Crippen molar-refractivity contribution in [2.75, 3.05) is 11.9 Å². The van der Waals surface area contributed by atoms with Crippen molar-refractivity contribution in [2.45, 2.75) is 25.7 Å². The Morgan fingerprint density at radius 2 is 1.84 bits per heavy atom. The van der Waals surface area contributed by atoms with Crippen molar-refractivity contribution >= 4 is 39.3 Å². The number of rotatable bonds is 5. The second-order valence-electron chi connectivity index (χ2n) is 6.26. The van der Waals surface area contributed by atoms with Crippen LogP contribution in [0.3, 0.4) is 0 Å². The van der Waals surface area contributed by atoms with E-state index in [4.69, 9.17) is 0 Å². The summed E-state index contributed by atoms with van der Waals surface area (Å²) in [6.45, 7) is 0.223. The number of benzene rings is 1. The topological polar surface area (TPSA) is 66.5 Å². The van der Waals surface area contributed by atoms with E-state index in [1.807, 2.05) is 12.2 Å². The van der Waals surface area contributed by atoms with Gasteiger partial charge in [0.15, 0.2) is 0 Å². The zero-order valence-electron chi connectivity index (χ0n) is 13.5. The molecule has 1 aromatic rings. The molecular weight excluding hydrogens is 391 g/mol. The molecule has 1 fully saturated rings. The van der Waals surface area contributed by atoms with Gasteiger partial charge in [-0.25, -0.2) is 4.39 Å². The molecule has 132 valence electrons. The average molecular weight is 409 g/mol. The number of likely N-dealkylation sites (tertiary alicyclic amines) is 1. The van der Waals surface area contributed by atoms with E-state index in [0.29, 0.717) is 23.7 Å². The van der Waals surface area contributed by atoms with Gasteiger partial charge in [-0.1, -0.05) is 28.1 Å². The number of carbonyl (C=O) groups excluding carboxylic acids is 3. The first-order valence-electron chi connectivity index (χ1n) is 8.22. The van der Waals surface area contributed by atoms with Gasteiger partial charge in [0.1, 0.15) is 5.82 Å². The summed E-state index contributed by atoms with van der Waals surface area (Å²) in [5.41, 5.74) is 0.110. The van der Waals surface area contributed by atoms with Gasteiger partial charge in [0, 0.05) is 17.4 Å². The molecule has 0 unspecified atom stereocenters. The summed E-state index contributed by atoms with van der Waals surface area (Å²) in [6, 6.07) is 4.38. The highest BCUT2D eigenvalue weighted by atomic mass is 79.9. The predicted molar refractivity (Wildman–Crippen MR) is 94.0 cm³/mol. The minimum absolute atomic E-state index is 0.110. The van der Waals surface area contributed by atoms with Crippen LogP contribution in [0.5, 0.6) is 0 Å². The second kappa shape index (κ2) is 7.47. The van der Waals surface area contributed by atoms with Crippen molar-refractivity contribution in [3.05, 3.63) is 40.6 Å². The molecule has 3 amide bonds. The Labute approximate surface area is 153 Å². The molecule has 3 rings (SSSR count). The van der Waals surface area contributed by atoms with Crippen LogP contribution in [-0.4, -0.2) is 29.2 Å². The van der Waals surface area contributed by atoms with Crippen molar-refractivity contribution in [3.63, 3.8) is 0 Å². The van der Waals surface area contributed by atoms with Crippen molar-refractivity contribution in [3.8, 4) is 0 Å². The number of carbonyl (C=O) groups is 3. The summed E-state index contributed by atoms with van der Waals surface area (Å²) < 4.78 is 14.3. The minimum Gasteiger partial charge on any atom is -0.324 e. The lowest BCUT2D eigenvalue weighted by atomic mass is 9.85. The molecular formula is C18H18BrFN2O3. The number of halogens is 2. The quantitative estimate of drug-likeness (QED) is 0.600. The molecule has 1 heterocycles. The second-order valence-corrected chi connectivity index (χ2v) is 7.18. The molecule has 1 aliphatic carbocycles. The van der Waals surface area contributed by atoms with E-state index in [2.05, 4.69) is 21.2 Å². The maximum Gasteiger partial charge on any atom is 0.233 e. The standard InChI is InChI=1S/C18H18BrFN2O3/c19-11-7-8-15(14(20)10-11)21-16(23)6-3-9-22-17(24)12-4-1-2-5-13(12)18(22)25/h1-2,7-8,10,12-13H,3-6,9H2,(H,21,23)/t12-,13-/m1/s1. The summed E-state index contributed by atoms with van der Waals surface area (Å²) in [4.78, 5) is 37.8. The molecule has 0 saturated carbocycles. The van der Waals surface area contributed by atoms with Crippen LogP contribution >= 0.6 is 15.9 Å². The fraction of sp³-hybridized carbons (Fsp3) is 0.389. The monoisotopic (exact) mass is 408 g/mol. The molecule has 5 nitrogen and oxygen atoms in total. The fourth-order valence-corrected chi connectivity index (χ4v) is 3.62. The summed E-state index contributed by atoms with van der Waals surface area (Å²) in [5.74, 6) is -1.65. The van der Waals surface area contributed by atoms with Crippen LogP contribution in [0.15, 0.2) is 34.8 Å². The molecule has 0 aromatic heterocycles. The van der Waals surface area contributed by atoms with Gasteiger partial charge in [-0.3, -0.25) is 19.3 Å². The van der Waals surface area contributed by atoms with Crippen molar-refractivity contribution in [2.24, 2.45) is 11.8 Å². The minimum atomic E-state index is -0.524. The SMILES string of the molecule is O=C(CCCN1C(=O)[C@@H]2CC=CC[C@H]2C1=O)Nc1ccc(Br)cc1F. The summed E-state index contributed by atoms with van der Waals surface area (Å²) in [7, 11) is 0. The van der Waals surface area contributed by atoms with E-state index >= 15 is 0 Å². The lowest BCUT2D eigenvalue weighted by Gasteiger charge is -2.14. The Morgan fingerprint density at radius 1 is 1.20 bits per heavy atom. The van der Waals surface area contributed by atoms with E-state index in [1.165, 1.54) is 17.0 Å². The number of anilines is 1. The zero-order chi connectivity index (χ0) is 18.0. The van der Waals surface area contributed by atoms with Gasteiger partial charge in [-0.2, -0.15) is 0 Å². The lowest BCUT2D eigenvalue weighted by Crippen LogP contribution is -2.32. The maximum absolute atomic E-state index is 13.7. The van der Waals surface area contributed by atoms with Crippen molar-refractivity contribution < 1.29 is 18.8 Å². The van der Waals surface area contributed by atoms with E-state index in [9.17, 15) is 18.8 Å². The molecule has 7 heteroatoms. The number of nitrogens with one attached hydrogen (secondary N) is 1. The Bertz CT molecular complexity index is 724. The number of imide groups is 1. The van der Waals surface area contributed by atoms with Crippen LogP contribution in [0.2, 0.25) is 0 Å². The number of allylic oxidation sites excluding steroid dienone is 2.